The first-order valence-electron chi connectivity index (χ1n) is 13.3. The molecular formula is C33H22N4O5. The van der Waals surface area contributed by atoms with Crippen LogP contribution in [0.5, 0.6) is 23.1 Å². The van der Waals surface area contributed by atoms with Crippen molar-refractivity contribution in [3.8, 4) is 34.5 Å². The molecule has 0 aliphatic carbocycles. The van der Waals surface area contributed by atoms with Crippen molar-refractivity contribution in [2.45, 2.75) is 5.92 Å². The summed E-state index contributed by atoms with van der Waals surface area (Å²) in [5, 5.41) is 7.62. The molecule has 0 bridgehead atoms. The largest absolute Gasteiger partial charge is 0.493 e. The second-order valence-corrected chi connectivity index (χ2v) is 9.98. The Morgan fingerprint density at radius 1 is 0.857 bits per heavy atom. The van der Waals surface area contributed by atoms with E-state index in [2.05, 4.69) is 23.2 Å². The molecular weight excluding hydrogens is 532 g/mol. The topological polar surface area (TPSA) is 101 Å². The molecule has 0 amide bonds. The summed E-state index contributed by atoms with van der Waals surface area (Å²) < 4.78 is 25.3. The molecule has 0 saturated heterocycles. The number of hydrogen-bond acceptors (Lipinski definition) is 8. The average Bonchev–Trinajstić information content (AvgIpc) is 3.48. The molecule has 0 radical (unpaired) electrons. The van der Waals surface area contributed by atoms with Crippen molar-refractivity contribution in [2.24, 2.45) is 0 Å². The summed E-state index contributed by atoms with van der Waals surface area (Å²) in [6, 6.07) is 27.0. The normalized spacial score (nSPS) is 14.0. The van der Waals surface area contributed by atoms with E-state index in [-0.39, 0.29) is 0 Å². The van der Waals surface area contributed by atoms with Gasteiger partial charge in [0.05, 0.1) is 36.7 Å². The standard InChI is InChI=1S/C33H22N4O5/c1-39-24-13-7-11-22(28(24)40-2)25-26-29(21-10-5-6-12-23(21)41-33(26)38)42-32-27(25)31-35-30(36-37(31)17-34-32)20-15-14-18-8-3-4-9-19(18)16-20/h3-17,25H,1-2H3. The molecule has 0 spiro atoms. The Kier molecular flexibility index (Phi) is 5.27. The predicted octanol–water partition coefficient (Wildman–Crippen LogP) is 6.35. The fourth-order valence-electron chi connectivity index (χ4n) is 5.83. The highest BCUT2D eigenvalue weighted by molar-refractivity contribution is 5.88. The van der Waals surface area contributed by atoms with Crippen molar-refractivity contribution >= 4 is 27.4 Å². The van der Waals surface area contributed by atoms with E-state index in [4.69, 9.17) is 28.7 Å². The maximum atomic E-state index is 13.7. The van der Waals surface area contributed by atoms with Crippen molar-refractivity contribution < 1.29 is 18.6 Å². The van der Waals surface area contributed by atoms with E-state index in [1.54, 1.807) is 37.2 Å². The zero-order valence-electron chi connectivity index (χ0n) is 22.6. The third-order valence-corrected chi connectivity index (χ3v) is 7.71. The van der Waals surface area contributed by atoms with Crippen LogP contribution in [0, 0.1) is 0 Å². The highest BCUT2D eigenvalue weighted by Crippen LogP contribution is 2.51. The summed E-state index contributed by atoms with van der Waals surface area (Å²) in [7, 11) is 3.14. The van der Waals surface area contributed by atoms with Crippen molar-refractivity contribution in [3.05, 3.63) is 118 Å². The third-order valence-electron chi connectivity index (χ3n) is 7.71. The van der Waals surface area contributed by atoms with Gasteiger partial charge in [-0.3, -0.25) is 0 Å². The van der Waals surface area contributed by atoms with Crippen molar-refractivity contribution in [3.63, 3.8) is 0 Å². The van der Waals surface area contributed by atoms with Gasteiger partial charge in [-0.1, -0.05) is 60.7 Å². The fourth-order valence-corrected chi connectivity index (χ4v) is 5.83. The number of ether oxygens (including phenoxy) is 3. The van der Waals surface area contributed by atoms with Crippen LogP contribution in [0.15, 0.2) is 100 Å². The lowest BCUT2D eigenvalue weighted by molar-refractivity contribution is 0.349. The molecule has 7 aromatic rings. The van der Waals surface area contributed by atoms with Crippen LogP contribution in [-0.2, 0) is 0 Å². The lowest BCUT2D eigenvalue weighted by atomic mass is 9.83. The Morgan fingerprint density at radius 3 is 2.55 bits per heavy atom. The zero-order valence-corrected chi connectivity index (χ0v) is 22.6. The van der Waals surface area contributed by atoms with Crippen molar-refractivity contribution in [1.82, 2.24) is 19.6 Å². The van der Waals surface area contributed by atoms with Crippen molar-refractivity contribution in [1.29, 1.82) is 0 Å². The van der Waals surface area contributed by atoms with E-state index in [0.717, 1.165) is 16.3 Å². The van der Waals surface area contributed by atoms with Gasteiger partial charge in [0.2, 0.25) is 5.88 Å². The summed E-state index contributed by atoms with van der Waals surface area (Å²) in [5.41, 5.74) is 2.80. The van der Waals surface area contributed by atoms with E-state index in [0.29, 0.717) is 62.3 Å². The van der Waals surface area contributed by atoms with Gasteiger partial charge >= 0.3 is 5.63 Å². The van der Waals surface area contributed by atoms with Crippen LogP contribution in [0.3, 0.4) is 0 Å². The molecule has 9 heteroatoms. The van der Waals surface area contributed by atoms with Crippen LogP contribution in [-0.4, -0.2) is 33.8 Å². The van der Waals surface area contributed by atoms with E-state index >= 15 is 0 Å². The lowest BCUT2D eigenvalue weighted by Gasteiger charge is -2.28. The fraction of sp³-hybridized carbons (Fsp3) is 0.0909. The van der Waals surface area contributed by atoms with E-state index in [1.165, 1.54) is 0 Å². The van der Waals surface area contributed by atoms with Crippen LogP contribution in [0.4, 0.5) is 0 Å². The van der Waals surface area contributed by atoms with E-state index in [9.17, 15) is 4.79 Å². The number of benzene rings is 4. The van der Waals surface area contributed by atoms with Gasteiger partial charge in [0.15, 0.2) is 28.7 Å². The molecule has 4 heterocycles. The average molecular weight is 555 g/mol. The maximum Gasteiger partial charge on any atom is 0.344 e. The van der Waals surface area contributed by atoms with Crippen molar-refractivity contribution in [2.75, 3.05) is 14.2 Å². The minimum Gasteiger partial charge on any atom is -0.493 e. The van der Waals surface area contributed by atoms with Crippen LogP contribution < -0.4 is 19.8 Å². The summed E-state index contributed by atoms with van der Waals surface area (Å²) in [6.07, 6.45) is 1.57. The second-order valence-electron chi connectivity index (χ2n) is 9.98. The summed E-state index contributed by atoms with van der Waals surface area (Å²) in [5.74, 6) is 1.51. The van der Waals surface area contributed by atoms with Gasteiger partial charge < -0.3 is 18.6 Å². The van der Waals surface area contributed by atoms with Gasteiger partial charge in [-0.25, -0.2) is 19.3 Å². The molecule has 0 fully saturated rings. The molecule has 8 rings (SSSR count). The maximum absolute atomic E-state index is 13.7. The Balaban J connectivity index is 1.43. The number of hydrogen-bond donors (Lipinski definition) is 0. The SMILES string of the molecule is COc1cccc(C2c3c(c4ccccc4oc3=O)Oc3ncn4nc(-c5ccc6ccccc6c5)nc4c32)c1OC. The molecule has 9 nitrogen and oxygen atoms in total. The van der Waals surface area contributed by atoms with E-state index in [1.807, 2.05) is 54.6 Å². The Hall–Kier alpha value is -5.70. The number of para-hydroxylation sites is 2. The predicted molar refractivity (Wildman–Crippen MR) is 157 cm³/mol. The zero-order chi connectivity index (χ0) is 28.4. The first kappa shape index (κ1) is 24.1. The summed E-state index contributed by atoms with van der Waals surface area (Å²) in [6.45, 7) is 0. The summed E-state index contributed by atoms with van der Waals surface area (Å²) in [4.78, 5) is 23.3. The number of nitrogens with zero attached hydrogens (tertiary/aromatic N) is 4. The lowest BCUT2D eigenvalue weighted by Crippen LogP contribution is -2.22. The van der Waals surface area contributed by atoms with E-state index < -0.39 is 11.5 Å². The van der Waals surface area contributed by atoms with Gasteiger partial charge in [0.1, 0.15) is 11.9 Å². The molecule has 0 N–H and O–H groups in total. The third kappa shape index (κ3) is 3.50. The Morgan fingerprint density at radius 2 is 1.69 bits per heavy atom. The van der Waals surface area contributed by atoms with Gasteiger partial charge in [0.25, 0.3) is 0 Å². The smallest absolute Gasteiger partial charge is 0.344 e. The molecule has 1 aliphatic heterocycles. The molecule has 4 aromatic carbocycles. The minimum atomic E-state index is -0.709. The Labute approximate surface area is 238 Å². The summed E-state index contributed by atoms with van der Waals surface area (Å²) >= 11 is 0. The highest BCUT2D eigenvalue weighted by atomic mass is 16.5. The van der Waals surface area contributed by atoms with Crippen LogP contribution in [0.1, 0.15) is 22.6 Å². The molecule has 1 unspecified atom stereocenters. The number of rotatable bonds is 4. The number of methoxy groups -OCH3 is 2. The van der Waals surface area contributed by atoms with Crippen LogP contribution in [0.2, 0.25) is 0 Å². The Bertz CT molecular complexity index is 2250. The molecule has 1 atom stereocenters. The quantitative estimate of drug-likeness (QED) is 0.232. The first-order valence-corrected chi connectivity index (χ1v) is 13.3. The monoisotopic (exact) mass is 554 g/mol. The second kappa shape index (κ2) is 9.17. The first-order chi connectivity index (χ1) is 20.6. The van der Waals surface area contributed by atoms with Crippen LogP contribution >= 0.6 is 0 Å². The molecule has 0 saturated carbocycles. The van der Waals surface area contributed by atoms with Gasteiger partial charge in [-0.05, 0) is 35.0 Å². The van der Waals surface area contributed by atoms with Crippen LogP contribution in [0.25, 0.3) is 38.8 Å². The molecule has 3 aromatic heterocycles. The number of fused-ring (bicyclic) bond motifs is 7. The minimum absolute atomic E-state index is 0.318. The highest BCUT2D eigenvalue weighted by Gasteiger charge is 2.39. The van der Waals surface area contributed by atoms with Gasteiger partial charge in [-0.2, -0.15) is 0 Å². The molecule has 42 heavy (non-hydrogen) atoms. The molecule has 204 valence electrons. The van der Waals surface area contributed by atoms with Gasteiger partial charge in [0, 0.05) is 11.1 Å². The molecule has 1 aliphatic rings. The van der Waals surface area contributed by atoms with Gasteiger partial charge in [-0.15, -0.1) is 5.10 Å². The number of aromatic nitrogens is 4.